The Morgan fingerprint density at radius 3 is 2.57 bits per heavy atom. The van der Waals surface area contributed by atoms with Gasteiger partial charge in [0, 0.05) is 25.3 Å². The topological polar surface area (TPSA) is 38.3 Å². The van der Waals surface area contributed by atoms with Crippen molar-refractivity contribution in [3.63, 3.8) is 0 Å². The Balaban J connectivity index is 2.01. The van der Waals surface area contributed by atoms with Gasteiger partial charge in [0.25, 0.3) is 5.91 Å². The van der Waals surface area contributed by atoms with Crippen molar-refractivity contribution in [1.82, 2.24) is 5.32 Å². The molecule has 1 unspecified atom stereocenters. The number of hydrogen-bond donors (Lipinski definition) is 1. The van der Waals surface area contributed by atoms with E-state index in [1.807, 2.05) is 31.2 Å². The van der Waals surface area contributed by atoms with Gasteiger partial charge in [-0.3, -0.25) is 4.79 Å². The van der Waals surface area contributed by atoms with E-state index in [0.29, 0.717) is 5.92 Å². The number of amides is 1. The SMILES string of the molecule is CCC(C)COCCCCCNC(=O)c1ccc(C)cc1. The van der Waals surface area contributed by atoms with Crippen molar-refractivity contribution in [2.75, 3.05) is 19.8 Å². The van der Waals surface area contributed by atoms with Gasteiger partial charge in [0.2, 0.25) is 0 Å². The van der Waals surface area contributed by atoms with Gasteiger partial charge in [-0.2, -0.15) is 0 Å². The Morgan fingerprint density at radius 1 is 1.19 bits per heavy atom. The molecule has 0 heterocycles. The van der Waals surface area contributed by atoms with Gasteiger partial charge >= 0.3 is 0 Å². The van der Waals surface area contributed by atoms with Crippen molar-refractivity contribution in [3.8, 4) is 0 Å². The lowest BCUT2D eigenvalue weighted by Gasteiger charge is -2.09. The lowest BCUT2D eigenvalue weighted by Crippen LogP contribution is -2.24. The molecular formula is C18H29NO2. The van der Waals surface area contributed by atoms with Gasteiger partial charge < -0.3 is 10.1 Å². The summed E-state index contributed by atoms with van der Waals surface area (Å²) in [6.45, 7) is 8.84. The number of benzene rings is 1. The third-order valence-corrected chi connectivity index (χ3v) is 3.66. The predicted octanol–water partition coefficient (Wildman–Crippen LogP) is 3.96. The molecule has 0 aliphatic heterocycles. The van der Waals surface area contributed by atoms with Crippen LogP contribution < -0.4 is 5.32 Å². The molecule has 1 rings (SSSR count). The molecule has 3 heteroatoms. The number of rotatable bonds is 10. The van der Waals surface area contributed by atoms with Crippen LogP contribution >= 0.6 is 0 Å². The highest BCUT2D eigenvalue weighted by Crippen LogP contribution is 2.04. The van der Waals surface area contributed by atoms with Crippen LogP contribution in [0.25, 0.3) is 0 Å². The molecule has 0 radical (unpaired) electrons. The van der Waals surface area contributed by atoms with Crippen LogP contribution in [-0.4, -0.2) is 25.7 Å². The van der Waals surface area contributed by atoms with E-state index in [1.54, 1.807) is 0 Å². The molecule has 0 saturated heterocycles. The van der Waals surface area contributed by atoms with E-state index in [1.165, 1.54) is 12.0 Å². The van der Waals surface area contributed by atoms with E-state index in [-0.39, 0.29) is 5.91 Å². The maximum absolute atomic E-state index is 11.9. The van der Waals surface area contributed by atoms with Crippen LogP contribution in [0.15, 0.2) is 24.3 Å². The van der Waals surface area contributed by atoms with Gasteiger partial charge in [-0.1, -0.05) is 38.0 Å². The molecule has 0 fully saturated rings. The fraction of sp³-hybridized carbons (Fsp3) is 0.611. The molecule has 0 aliphatic rings. The first-order chi connectivity index (χ1) is 10.1. The van der Waals surface area contributed by atoms with Crippen molar-refractivity contribution in [2.24, 2.45) is 5.92 Å². The number of unbranched alkanes of at least 4 members (excludes halogenated alkanes) is 2. The third-order valence-electron chi connectivity index (χ3n) is 3.66. The van der Waals surface area contributed by atoms with Crippen LogP contribution in [0.2, 0.25) is 0 Å². The summed E-state index contributed by atoms with van der Waals surface area (Å²) in [6, 6.07) is 7.66. The molecule has 0 aliphatic carbocycles. The highest BCUT2D eigenvalue weighted by molar-refractivity contribution is 5.94. The molecule has 21 heavy (non-hydrogen) atoms. The average Bonchev–Trinajstić information content (AvgIpc) is 2.50. The highest BCUT2D eigenvalue weighted by atomic mass is 16.5. The van der Waals surface area contributed by atoms with Gasteiger partial charge in [-0.25, -0.2) is 0 Å². The second kappa shape index (κ2) is 10.4. The van der Waals surface area contributed by atoms with E-state index in [9.17, 15) is 4.79 Å². The number of carbonyl (C=O) groups is 1. The number of hydrogen-bond acceptors (Lipinski definition) is 2. The summed E-state index contributed by atoms with van der Waals surface area (Å²) < 4.78 is 5.61. The van der Waals surface area contributed by atoms with Crippen LogP contribution in [0.1, 0.15) is 55.5 Å². The molecule has 1 aromatic carbocycles. The van der Waals surface area contributed by atoms with E-state index < -0.39 is 0 Å². The second-order valence-corrected chi connectivity index (χ2v) is 5.77. The minimum atomic E-state index is 0.0167. The van der Waals surface area contributed by atoms with Crippen LogP contribution in [0, 0.1) is 12.8 Å². The number of ether oxygens (including phenoxy) is 1. The molecule has 1 aromatic rings. The lowest BCUT2D eigenvalue weighted by atomic mass is 10.1. The normalized spacial score (nSPS) is 12.1. The minimum Gasteiger partial charge on any atom is -0.381 e. The Labute approximate surface area is 129 Å². The average molecular weight is 291 g/mol. The van der Waals surface area contributed by atoms with E-state index >= 15 is 0 Å². The van der Waals surface area contributed by atoms with Gasteiger partial charge in [0.15, 0.2) is 0 Å². The third kappa shape index (κ3) is 7.86. The lowest BCUT2D eigenvalue weighted by molar-refractivity contribution is 0.0947. The summed E-state index contributed by atoms with van der Waals surface area (Å²) in [5.74, 6) is 0.668. The van der Waals surface area contributed by atoms with Crippen molar-refractivity contribution in [2.45, 2.75) is 46.5 Å². The summed E-state index contributed by atoms with van der Waals surface area (Å²) in [5, 5.41) is 2.96. The minimum absolute atomic E-state index is 0.0167. The first kappa shape index (κ1) is 17.7. The van der Waals surface area contributed by atoms with Crippen molar-refractivity contribution in [3.05, 3.63) is 35.4 Å². The molecule has 0 aromatic heterocycles. The van der Waals surface area contributed by atoms with Crippen LogP contribution in [0.4, 0.5) is 0 Å². The van der Waals surface area contributed by atoms with Crippen LogP contribution in [-0.2, 0) is 4.74 Å². The zero-order valence-corrected chi connectivity index (χ0v) is 13.7. The van der Waals surface area contributed by atoms with Crippen LogP contribution in [0.5, 0.6) is 0 Å². The van der Waals surface area contributed by atoms with Gasteiger partial charge in [-0.15, -0.1) is 0 Å². The molecule has 0 spiro atoms. The first-order valence-electron chi connectivity index (χ1n) is 8.06. The summed E-state index contributed by atoms with van der Waals surface area (Å²) in [6.07, 6.45) is 4.33. The summed E-state index contributed by atoms with van der Waals surface area (Å²) in [7, 11) is 0. The van der Waals surface area contributed by atoms with Gasteiger partial charge in [0.1, 0.15) is 0 Å². The second-order valence-electron chi connectivity index (χ2n) is 5.77. The quantitative estimate of drug-likeness (QED) is 0.663. The number of aryl methyl sites for hydroxylation is 1. The van der Waals surface area contributed by atoms with E-state index in [4.69, 9.17) is 4.74 Å². The number of carbonyl (C=O) groups excluding carboxylic acids is 1. The molecular weight excluding hydrogens is 262 g/mol. The smallest absolute Gasteiger partial charge is 0.251 e. The summed E-state index contributed by atoms with van der Waals surface area (Å²) >= 11 is 0. The largest absolute Gasteiger partial charge is 0.381 e. The molecule has 0 bridgehead atoms. The monoisotopic (exact) mass is 291 g/mol. The summed E-state index contributed by atoms with van der Waals surface area (Å²) in [5.41, 5.74) is 1.90. The van der Waals surface area contributed by atoms with Gasteiger partial charge in [0.05, 0.1) is 0 Å². The Morgan fingerprint density at radius 2 is 1.90 bits per heavy atom. The predicted molar refractivity (Wildman–Crippen MR) is 87.6 cm³/mol. The Kier molecular flexibility index (Phi) is 8.76. The van der Waals surface area contributed by atoms with Crippen molar-refractivity contribution < 1.29 is 9.53 Å². The Hall–Kier alpha value is -1.35. The highest BCUT2D eigenvalue weighted by Gasteiger charge is 2.03. The standard InChI is InChI=1S/C18H29NO2/c1-4-15(2)14-21-13-7-5-6-12-19-18(20)17-10-8-16(3)9-11-17/h8-11,15H,4-7,12-14H2,1-3H3,(H,19,20). The fourth-order valence-corrected chi connectivity index (χ4v) is 1.92. The van der Waals surface area contributed by atoms with Crippen LogP contribution in [0.3, 0.4) is 0 Å². The first-order valence-corrected chi connectivity index (χ1v) is 8.06. The fourth-order valence-electron chi connectivity index (χ4n) is 1.92. The zero-order chi connectivity index (χ0) is 15.5. The maximum Gasteiger partial charge on any atom is 0.251 e. The number of nitrogens with one attached hydrogen (secondary N) is 1. The molecule has 3 nitrogen and oxygen atoms in total. The molecule has 0 saturated carbocycles. The zero-order valence-electron chi connectivity index (χ0n) is 13.7. The Bertz CT molecular complexity index is 400. The summed E-state index contributed by atoms with van der Waals surface area (Å²) in [4.78, 5) is 11.9. The maximum atomic E-state index is 11.9. The molecule has 1 N–H and O–H groups in total. The van der Waals surface area contributed by atoms with Crippen molar-refractivity contribution in [1.29, 1.82) is 0 Å². The molecule has 118 valence electrons. The molecule has 1 amide bonds. The van der Waals surface area contributed by atoms with Gasteiger partial charge in [-0.05, 0) is 44.2 Å². The van der Waals surface area contributed by atoms with Crippen molar-refractivity contribution >= 4 is 5.91 Å². The van der Waals surface area contributed by atoms with E-state index in [2.05, 4.69) is 19.2 Å². The molecule has 1 atom stereocenters. The van der Waals surface area contributed by atoms with E-state index in [0.717, 1.165) is 44.6 Å².